The van der Waals surface area contributed by atoms with Gasteiger partial charge in [0.15, 0.2) is 16.3 Å². The zero-order valence-electron chi connectivity index (χ0n) is 10.1. The number of fused-ring (bicyclic) bond motifs is 1. The minimum atomic E-state index is 0.593. The van der Waals surface area contributed by atoms with Gasteiger partial charge in [-0.1, -0.05) is 6.92 Å². The van der Waals surface area contributed by atoms with Gasteiger partial charge in [0.05, 0.1) is 5.69 Å². The van der Waals surface area contributed by atoms with Gasteiger partial charge in [-0.2, -0.15) is 0 Å². The molecule has 0 radical (unpaired) electrons. The van der Waals surface area contributed by atoms with Crippen molar-refractivity contribution in [3.05, 3.63) is 34.9 Å². The van der Waals surface area contributed by atoms with Crippen molar-refractivity contribution in [3.63, 3.8) is 0 Å². The lowest BCUT2D eigenvalue weighted by molar-refractivity contribution is 0.171. The number of ether oxygens (including phenoxy) is 2. The van der Waals surface area contributed by atoms with Crippen LogP contribution in [0.3, 0.4) is 0 Å². The van der Waals surface area contributed by atoms with E-state index in [4.69, 9.17) is 21.7 Å². The zero-order valence-corrected chi connectivity index (χ0v) is 10.9. The number of nitrogens with one attached hydrogen (secondary N) is 1. The first-order chi connectivity index (χ1) is 8.79. The van der Waals surface area contributed by atoms with Crippen LogP contribution in [-0.2, 0) is 6.42 Å². The highest BCUT2D eigenvalue weighted by atomic mass is 32.1. The van der Waals surface area contributed by atoms with Gasteiger partial charge in [0, 0.05) is 18.0 Å². The summed E-state index contributed by atoms with van der Waals surface area (Å²) in [5.41, 5.74) is 2.15. The quantitative estimate of drug-likeness (QED) is 0.846. The van der Waals surface area contributed by atoms with E-state index in [1.54, 1.807) is 0 Å². The number of hydrogen-bond acceptors (Lipinski definition) is 3. The van der Waals surface area contributed by atoms with Crippen LogP contribution in [0.2, 0.25) is 0 Å². The van der Waals surface area contributed by atoms with Crippen LogP contribution in [0.1, 0.15) is 12.6 Å². The van der Waals surface area contributed by atoms with Crippen LogP contribution in [0.25, 0.3) is 5.69 Å². The Morgan fingerprint density at radius 3 is 2.83 bits per heavy atom. The van der Waals surface area contributed by atoms with Crippen molar-refractivity contribution >= 4 is 12.2 Å². The highest BCUT2D eigenvalue weighted by Crippen LogP contribution is 2.32. The van der Waals surface area contributed by atoms with Crippen molar-refractivity contribution in [1.82, 2.24) is 9.55 Å². The number of nitrogens with zero attached hydrogens (tertiary/aromatic N) is 1. The molecule has 0 saturated carbocycles. The second kappa shape index (κ2) is 4.49. The molecular formula is C13H14N2O2S. The number of H-pyrrole nitrogens is 1. The first kappa shape index (κ1) is 11.3. The summed E-state index contributed by atoms with van der Waals surface area (Å²) >= 11 is 5.31. The van der Waals surface area contributed by atoms with E-state index in [-0.39, 0.29) is 0 Å². The molecule has 5 heteroatoms. The topological polar surface area (TPSA) is 39.2 Å². The Labute approximate surface area is 110 Å². The Hall–Kier alpha value is -1.75. The first-order valence-corrected chi connectivity index (χ1v) is 6.39. The Bertz CT molecular complexity index is 630. The minimum Gasteiger partial charge on any atom is -0.486 e. The van der Waals surface area contributed by atoms with Crippen LogP contribution in [-0.4, -0.2) is 22.8 Å². The van der Waals surface area contributed by atoms with Gasteiger partial charge in [0.2, 0.25) is 0 Å². The van der Waals surface area contributed by atoms with Crippen molar-refractivity contribution < 1.29 is 9.47 Å². The number of imidazole rings is 1. The van der Waals surface area contributed by atoms with Gasteiger partial charge in [-0.15, -0.1) is 0 Å². The SMILES string of the molecule is CCc1c[nH]c(=S)n1-c1ccc2c(c1)OCCO2. The number of benzene rings is 1. The van der Waals surface area contributed by atoms with E-state index < -0.39 is 0 Å². The van der Waals surface area contributed by atoms with Crippen molar-refractivity contribution in [2.75, 3.05) is 13.2 Å². The molecule has 0 bridgehead atoms. The lowest BCUT2D eigenvalue weighted by atomic mass is 10.2. The standard InChI is InChI=1S/C13H14N2O2S/c1-2-9-8-14-13(18)15(9)10-3-4-11-12(7-10)17-6-5-16-11/h3-4,7-8H,2,5-6H2,1H3,(H,14,18). The van der Waals surface area contributed by atoms with Gasteiger partial charge in [-0.3, -0.25) is 4.57 Å². The van der Waals surface area contributed by atoms with Gasteiger partial charge < -0.3 is 14.5 Å². The molecule has 0 saturated heterocycles. The average Bonchev–Trinajstić information content (AvgIpc) is 2.79. The molecule has 0 atom stereocenters. The molecule has 0 aliphatic carbocycles. The maximum Gasteiger partial charge on any atom is 0.182 e. The van der Waals surface area contributed by atoms with Gasteiger partial charge in [-0.05, 0) is 30.8 Å². The summed E-state index contributed by atoms with van der Waals surface area (Å²) in [6, 6.07) is 5.89. The molecular weight excluding hydrogens is 248 g/mol. The molecule has 3 rings (SSSR count). The third kappa shape index (κ3) is 1.80. The summed E-state index contributed by atoms with van der Waals surface area (Å²) < 4.78 is 13.8. The minimum absolute atomic E-state index is 0.593. The molecule has 0 amide bonds. The van der Waals surface area contributed by atoms with E-state index in [0.29, 0.717) is 18.0 Å². The summed E-state index contributed by atoms with van der Waals surface area (Å²) in [5.74, 6) is 1.58. The number of aromatic nitrogens is 2. The van der Waals surface area contributed by atoms with E-state index in [1.165, 1.54) is 0 Å². The first-order valence-electron chi connectivity index (χ1n) is 5.99. The lowest BCUT2D eigenvalue weighted by Crippen LogP contribution is -2.15. The van der Waals surface area contributed by atoms with Crippen LogP contribution in [0, 0.1) is 4.77 Å². The molecule has 0 fully saturated rings. The number of aromatic amines is 1. The third-order valence-electron chi connectivity index (χ3n) is 3.00. The predicted molar refractivity (Wildman–Crippen MR) is 71.3 cm³/mol. The Morgan fingerprint density at radius 1 is 1.28 bits per heavy atom. The Morgan fingerprint density at radius 2 is 2.06 bits per heavy atom. The number of rotatable bonds is 2. The number of hydrogen-bond donors (Lipinski definition) is 1. The molecule has 2 heterocycles. The second-order valence-electron chi connectivity index (χ2n) is 4.10. The van der Waals surface area contributed by atoms with Gasteiger partial charge >= 0.3 is 0 Å². The second-order valence-corrected chi connectivity index (χ2v) is 4.49. The summed E-state index contributed by atoms with van der Waals surface area (Å²) in [6.45, 7) is 3.30. The fraction of sp³-hybridized carbons (Fsp3) is 0.308. The van der Waals surface area contributed by atoms with E-state index in [0.717, 1.165) is 29.3 Å². The largest absolute Gasteiger partial charge is 0.486 e. The maximum absolute atomic E-state index is 5.59. The smallest absolute Gasteiger partial charge is 0.182 e. The average molecular weight is 262 g/mol. The van der Waals surface area contributed by atoms with Crippen LogP contribution in [0.5, 0.6) is 11.5 Å². The summed E-state index contributed by atoms with van der Waals surface area (Å²) in [4.78, 5) is 3.07. The fourth-order valence-electron chi connectivity index (χ4n) is 2.12. The molecule has 1 aliphatic rings. The summed E-state index contributed by atoms with van der Waals surface area (Å²) in [7, 11) is 0. The predicted octanol–water partition coefficient (Wildman–Crippen LogP) is 2.87. The van der Waals surface area contributed by atoms with Crippen LogP contribution < -0.4 is 9.47 Å². The normalized spacial score (nSPS) is 13.6. The Balaban J connectivity index is 2.12. The molecule has 4 nitrogen and oxygen atoms in total. The summed E-state index contributed by atoms with van der Waals surface area (Å²) in [6.07, 6.45) is 2.86. The van der Waals surface area contributed by atoms with Crippen LogP contribution >= 0.6 is 12.2 Å². The van der Waals surface area contributed by atoms with Crippen molar-refractivity contribution in [2.45, 2.75) is 13.3 Å². The van der Waals surface area contributed by atoms with Crippen LogP contribution in [0.15, 0.2) is 24.4 Å². The molecule has 1 N–H and O–H groups in total. The highest BCUT2D eigenvalue weighted by Gasteiger charge is 2.13. The zero-order chi connectivity index (χ0) is 12.5. The van der Waals surface area contributed by atoms with Gasteiger partial charge in [0.25, 0.3) is 0 Å². The van der Waals surface area contributed by atoms with E-state index in [2.05, 4.69) is 11.9 Å². The Kier molecular flexibility index (Phi) is 2.83. The van der Waals surface area contributed by atoms with Crippen molar-refractivity contribution in [2.24, 2.45) is 0 Å². The third-order valence-corrected chi connectivity index (χ3v) is 3.30. The van der Waals surface area contributed by atoms with Gasteiger partial charge in [-0.25, -0.2) is 0 Å². The molecule has 2 aromatic rings. The monoisotopic (exact) mass is 262 g/mol. The van der Waals surface area contributed by atoms with E-state index >= 15 is 0 Å². The van der Waals surface area contributed by atoms with E-state index in [1.807, 2.05) is 29.0 Å². The van der Waals surface area contributed by atoms with E-state index in [9.17, 15) is 0 Å². The van der Waals surface area contributed by atoms with Gasteiger partial charge in [0.1, 0.15) is 13.2 Å². The van der Waals surface area contributed by atoms with Crippen molar-refractivity contribution in [1.29, 1.82) is 0 Å². The molecule has 1 aromatic carbocycles. The molecule has 94 valence electrons. The van der Waals surface area contributed by atoms with Crippen LogP contribution in [0.4, 0.5) is 0 Å². The summed E-state index contributed by atoms with van der Waals surface area (Å²) in [5, 5.41) is 0. The molecule has 1 aromatic heterocycles. The molecule has 0 unspecified atom stereocenters. The maximum atomic E-state index is 5.59. The molecule has 18 heavy (non-hydrogen) atoms. The van der Waals surface area contributed by atoms with Crippen molar-refractivity contribution in [3.8, 4) is 17.2 Å². The molecule has 0 spiro atoms. The lowest BCUT2D eigenvalue weighted by Gasteiger charge is -2.19. The number of aryl methyl sites for hydroxylation is 1. The highest BCUT2D eigenvalue weighted by molar-refractivity contribution is 7.71. The molecule has 1 aliphatic heterocycles. The fourth-order valence-corrected chi connectivity index (χ4v) is 2.40.